The maximum absolute atomic E-state index is 12.3. The Morgan fingerprint density at radius 3 is 2.43 bits per heavy atom. The summed E-state index contributed by atoms with van der Waals surface area (Å²) < 4.78 is 0. The van der Waals surface area contributed by atoms with Crippen molar-refractivity contribution in [2.45, 2.75) is 57.4 Å². The summed E-state index contributed by atoms with van der Waals surface area (Å²) in [4.78, 5) is 12.3. The van der Waals surface area contributed by atoms with Crippen LogP contribution in [0.3, 0.4) is 0 Å². The lowest BCUT2D eigenvalue weighted by Gasteiger charge is -2.30. The molecule has 1 aliphatic rings. The van der Waals surface area contributed by atoms with Crippen LogP contribution in [0.25, 0.3) is 0 Å². The highest BCUT2D eigenvalue weighted by Gasteiger charge is 2.37. The van der Waals surface area contributed by atoms with Crippen LogP contribution in [0.1, 0.15) is 50.7 Å². The van der Waals surface area contributed by atoms with E-state index in [0.29, 0.717) is 6.54 Å². The zero-order valence-electron chi connectivity index (χ0n) is 13.2. The number of hydrogen-bond donors (Lipinski definition) is 2. The van der Waals surface area contributed by atoms with E-state index >= 15 is 0 Å². The van der Waals surface area contributed by atoms with E-state index in [1.165, 1.54) is 11.1 Å². The summed E-state index contributed by atoms with van der Waals surface area (Å²) in [6.45, 7) is 7.05. The molecule has 0 atom stereocenters. The van der Waals surface area contributed by atoms with Crippen LogP contribution in [0, 0.1) is 6.92 Å². The molecule has 0 radical (unpaired) electrons. The van der Waals surface area contributed by atoms with Gasteiger partial charge in [-0.1, -0.05) is 51.0 Å². The number of carbonyl (C=O) groups is 1. The molecular weight excluding hydrogens is 284 g/mol. The minimum absolute atomic E-state index is 0. The average molecular weight is 311 g/mol. The monoisotopic (exact) mass is 310 g/mol. The Hall–Kier alpha value is -1.06. The highest BCUT2D eigenvalue weighted by atomic mass is 35.5. The van der Waals surface area contributed by atoms with E-state index in [1.54, 1.807) is 0 Å². The number of rotatable bonds is 4. The van der Waals surface area contributed by atoms with Crippen molar-refractivity contribution in [2.24, 2.45) is 5.73 Å². The molecule has 0 spiro atoms. The van der Waals surface area contributed by atoms with Crippen molar-refractivity contribution in [2.75, 3.05) is 6.54 Å². The van der Waals surface area contributed by atoms with Gasteiger partial charge in [0.05, 0.1) is 5.54 Å². The molecule has 1 aromatic rings. The molecule has 0 saturated heterocycles. The molecule has 0 aromatic heterocycles. The van der Waals surface area contributed by atoms with Gasteiger partial charge in [0.25, 0.3) is 0 Å². The third-order valence-electron chi connectivity index (χ3n) is 4.51. The Kier molecular flexibility index (Phi) is 5.83. The molecule has 118 valence electrons. The molecule has 1 saturated carbocycles. The summed E-state index contributed by atoms with van der Waals surface area (Å²) in [7, 11) is 0. The van der Waals surface area contributed by atoms with Gasteiger partial charge in [-0.2, -0.15) is 0 Å². The van der Waals surface area contributed by atoms with Crippen molar-refractivity contribution in [3.8, 4) is 0 Å². The van der Waals surface area contributed by atoms with Gasteiger partial charge in [0, 0.05) is 12.0 Å². The number of amides is 1. The number of carbonyl (C=O) groups excluding carboxylic acids is 1. The molecule has 21 heavy (non-hydrogen) atoms. The zero-order chi connectivity index (χ0) is 14.8. The van der Waals surface area contributed by atoms with Crippen molar-refractivity contribution in [1.82, 2.24) is 5.32 Å². The van der Waals surface area contributed by atoms with E-state index < -0.39 is 5.54 Å². The summed E-state index contributed by atoms with van der Waals surface area (Å²) in [6.07, 6.45) is 3.74. The molecule has 1 fully saturated rings. The van der Waals surface area contributed by atoms with Gasteiger partial charge in [0.1, 0.15) is 0 Å². The third-order valence-corrected chi connectivity index (χ3v) is 4.51. The lowest BCUT2D eigenvalue weighted by atomic mass is 9.81. The quantitative estimate of drug-likeness (QED) is 0.898. The summed E-state index contributed by atoms with van der Waals surface area (Å²) in [5.74, 6) is 0.0108. The minimum atomic E-state index is -0.637. The normalized spacial score (nSPS) is 17.1. The van der Waals surface area contributed by atoms with Crippen LogP contribution in [0.5, 0.6) is 0 Å². The van der Waals surface area contributed by atoms with Crippen LogP contribution in [0.2, 0.25) is 0 Å². The molecule has 1 aliphatic carbocycles. The molecule has 0 heterocycles. The largest absolute Gasteiger partial charge is 0.354 e. The Morgan fingerprint density at radius 1 is 1.29 bits per heavy atom. The highest BCUT2D eigenvalue weighted by Crippen LogP contribution is 2.29. The van der Waals surface area contributed by atoms with E-state index in [4.69, 9.17) is 5.73 Å². The standard InChI is InChI=1S/C17H26N2O.ClH/c1-13-8-4-5-9-14(13)16(2,3)12-19-15(20)17(18)10-6-7-11-17;/h4-5,8-9H,6-7,10-12,18H2,1-3H3,(H,19,20);1H. The fraction of sp³-hybridized carbons (Fsp3) is 0.588. The van der Waals surface area contributed by atoms with Crippen LogP contribution in [-0.2, 0) is 10.2 Å². The molecule has 3 N–H and O–H groups in total. The second-order valence-corrected chi connectivity index (χ2v) is 6.74. The maximum Gasteiger partial charge on any atom is 0.240 e. The molecule has 0 aliphatic heterocycles. The SMILES string of the molecule is Cc1ccccc1C(C)(C)CNC(=O)C1(N)CCCC1.Cl. The lowest BCUT2D eigenvalue weighted by Crippen LogP contribution is -2.53. The second-order valence-electron chi connectivity index (χ2n) is 6.74. The van der Waals surface area contributed by atoms with E-state index in [0.717, 1.165) is 25.7 Å². The Balaban J connectivity index is 0.00000220. The maximum atomic E-state index is 12.3. The van der Waals surface area contributed by atoms with E-state index in [2.05, 4.69) is 38.2 Å². The number of nitrogens with two attached hydrogens (primary N) is 1. The first-order valence-electron chi connectivity index (χ1n) is 7.48. The summed E-state index contributed by atoms with van der Waals surface area (Å²) >= 11 is 0. The Bertz CT molecular complexity index is 493. The first-order valence-corrected chi connectivity index (χ1v) is 7.48. The number of halogens is 1. The Labute approximate surface area is 134 Å². The second kappa shape index (κ2) is 6.80. The number of hydrogen-bond acceptors (Lipinski definition) is 2. The third kappa shape index (κ3) is 3.98. The number of aryl methyl sites for hydroxylation is 1. The van der Waals surface area contributed by atoms with Gasteiger partial charge in [-0.05, 0) is 30.9 Å². The van der Waals surface area contributed by atoms with E-state index in [-0.39, 0.29) is 23.7 Å². The van der Waals surface area contributed by atoms with Crippen molar-refractivity contribution >= 4 is 18.3 Å². The number of nitrogens with one attached hydrogen (secondary N) is 1. The lowest BCUT2D eigenvalue weighted by molar-refractivity contribution is -0.126. The minimum Gasteiger partial charge on any atom is -0.354 e. The van der Waals surface area contributed by atoms with Crippen LogP contribution >= 0.6 is 12.4 Å². The van der Waals surface area contributed by atoms with Crippen molar-refractivity contribution in [1.29, 1.82) is 0 Å². The fourth-order valence-electron chi connectivity index (χ4n) is 3.14. The summed E-state index contributed by atoms with van der Waals surface area (Å²) in [5.41, 5.74) is 8.00. The molecule has 1 amide bonds. The summed E-state index contributed by atoms with van der Waals surface area (Å²) in [5, 5.41) is 3.07. The highest BCUT2D eigenvalue weighted by molar-refractivity contribution is 5.86. The summed E-state index contributed by atoms with van der Waals surface area (Å²) in [6, 6.07) is 8.34. The molecule has 3 nitrogen and oxygen atoms in total. The van der Waals surface area contributed by atoms with Crippen LogP contribution in [0.15, 0.2) is 24.3 Å². The average Bonchev–Trinajstić information content (AvgIpc) is 2.84. The van der Waals surface area contributed by atoms with Gasteiger partial charge in [-0.15, -0.1) is 12.4 Å². The first-order chi connectivity index (χ1) is 9.35. The van der Waals surface area contributed by atoms with Gasteiger partial charge in [-0.25, -0.2) is 0 Å². The predicted octanol–water partition coefficient (Wildman–Crippen LogP) is 3.08. The molecule has 4 heteroatoms. The smallest absolute Gasteiger partial charge is 0.240 e. The molecule has 2 rings (SSSR count). The van der Waals surface area contributed by atoms with Gasteiger partial charge in [0.2, 0.25) is 5.91 Å². The molecule has 0 unspecified atom stereocenters. The Morgan fingerprint density at radius 2 is 1.86 bits per heavy atom. The van der Waals surface area contributed by atoms with Gasteiger partial charge in [-0.3, -0.25) is 4.79 Å². The van der Waals surface area contributed by atoms with Crippen molar-refractivity contribution < 1.29 is 4.79 Å². The van der Waals surface area contributed by atoms with Crippen LogP contribution in [0.4, 0.5) is 0 Å². The van der Waals surface area contributed by atoms with Crippen LogP contribution < -0.4 is 11.1 Å². The predicted molar refractivity (Wildman–Crippen MR) is 89.8 cm³/mol. The fourth-order valence-corrected chi connectivity index (χ4v) is 3.14. The van der Waals surface area contributed by atoms with Crippen molar-refractivity contribution in [3.63, 3.8) is 0 Å². The van der Waals surface area contributed by atoms with Gasteiger partial charge in [0.15, 0.2) is 0 Å². The van der Waals surface area contributed by atoms with E-state index in [1.807, 2.05) is 12.1 Å². The molecule has 1 aromatic carbocycles. The number of benzene rings is 1. The molecular formula is C17H27ClN2O. The van der Waals surface area contributed by atoms with Crippen molar-refractivity contribution in [3.05, 3.63) is 35.4 Å². The van der Waals surface area contributed by atoms with Gasteiger partial charge >= 0.3 is 0 Å². The molecule has 0 bridgehead atoms. The van der Waals surface area contributed by atoms with Gasteiger partial charge < -0.3 is 11.1 Å². The zero-order valence-corrected chi connectivity index (χ0v) is 14.1. The first kappa shape index (κ1) is 18.0. The van der Waals surface area contributed by atoms with E-state index in [9.17, 15) is 4.79 Å². The van der Waals surface area contributed by atoms with Crippen LogP contribution in [-0.4, -0.2) is 18.0 Å². The topological polar surface area (TPSA) is 55.1 Å².